The van der Waals surface area contributed by atoms with Gasteiger partial charge in [0.25, 0.3) is 0 Å². The zero-order chi connectivity index (χ0) is 12.5. The molecule has 0 aromatic rings. The van der Waals surface area contributed by atoms with Gasteiger partial charge in [0.15, 0.2) is 0 Å². The third kappa shape index (κ3) is 2.94. The minimum absolute atomic E-state index is 0.00842. The molecule has 0 N–H and O–H groups in total. The van der Waals surface area contributed by atoms with Gasteiger partial charge in [-0.1, -0.05) is 18.6 Å². The highest BCUT2D eigenvalue weighted by molar-refractivity contribution is 6.45. The summed E-state index contributed by atoms with van der Waals surface area (Å²) in [4.78, 5) is 0. The third-order valence-electron chi connectivity index (χ3n) is 4.49. The number of rotatable bonds is 3. The largest absolute Gasteiger partial charge is 0.457 e. The molecule has 0 bridgehead atoms. The Morgan fingerprint density at radius 3 is 2.29 bits per heavy atom. The van der Waals surface area contributed by atoms with Gasteiger partial charge < -0.3 is 9.31 Å². The van der Waals surface area contributed by atoms with Gasteiger partial charge in [0.05, 0.1) is 11.2 Å². The highest BCUT2D eigenvalue weighted by Crippen LogP contribution is 2.38. The van der Waals surface area contributed by atoms with Crippen molar-refractivity contribution in [2.45, 2.75) is 70.9 Å². The van der Waals surface area contributed by atoms with E-state index >= 15 is 0 Å². The van der Waals surface area contributed by atoms with E-state index in [2.05, 4.69) is 39.8 Å². The van der Waals surface area contributed by atoms with Gasteiger partial charge in [-0.2, -0.15) is 0 Å². The predicted molar refractivity (Wildman–Crippen MR) is 72.0 cm³/mol. The van der Waals surface area contributed by atoms with Crippen molar-refractivity contribution in [2.24, 2.45) is 5.92 Å². The van der Waals surface area contributed by atoms with E-state index in [4.69, 9.17) is 9.31 Å². The van der Waals surface area contributed by atoms with Gasteiger partial charge >= 0.3 is 7.12 Å². The van der Waals surface area contributed by atoms with E-state index in [-0.39, 0.29) is 18.3 Å². The molecule has 0 aromatic heterocycles. The van der Waals surface area contributed by atoms with Crippen LogP contribution in [0.4, 0.5) is 0 Å². The second-order valence-corrected chi connectivity index (χ2v) is 6.41. The smallest absolute Gasteiger partial charge is 0.403 e. The van der Waals surface area contributed by atoms with E-state index in [0.717, 1.165) is 12.2 Å². The van der Waals surface area contributed by atoms with Crippen LogP contribution in [-0.2, 0) is 9.31 Å². The summed E-state index contributed by atoms with van der Waals surface area (Å²) < 4.78 is 12.0. The topological polar surface area (TPSA) is 18.5 Å². The van der Waals surface area contributed by atoms with Crippen LogP contribution in [0.15, 0.2) is 12.2 Å². The molecule has 1 heterocycles. The first kappa shape index (κ1) is 13.2. The van der Waals surface area contributed by atoms with Gasteiger partial charge in [-0.25, -0.2) is 0 Å². The fourth-order valence-electron chi connectivity index (χ4n) is 2.57. The number of hydrogen-bond donors (Lipinski definition) is 0. The first-order chi connectivity index (χ1) is 7.91. The molecule has 0 aromatic carbocycles. The Labute approximate surface area is 106 Å². The molecule has 0 spiro atoms. The molecule has 1 saturated heterocycles. The zero-order valence-electron chi connectivity index (χ0n) is 11.7. The van der Waals surface area contributed by atoms with Crippen LogP contribution in [0.25, 0.3) is 0 Å². The van der Waals surface area contributed by atoms with Crippen LogP contribution in [0.2, 0.25) is 6.32 Å². The number of hydrogen-bond acceptors (Lipinski definition) is 2. The summed E-state index contributed by atoms with van der Waals surface area (Å²) >= 11 is 0. The summed E-state index contributed by atoms with van der Waals surface area (Å²) in [6.07, 6.45) is 10.7. The molecule has 1 aliphatic carbocycles. The molecular weight excluding hydrogens is 211 g/mol. The lowest BCUT2D eigenvalue weighted by molar-refractivity contribution is 0.00578. The molecule has 2 aliphatic rings. The monoisotopic (exact) mass is 236 g/mol. The lowest BCUT2D eigenvalue weighted by Gasteiger charge is -2.32. The molecule has 17 heavy (non-hydrogen) atoms. The summed E-state index contributed by atoms with van der Waals surface area (Å²) in [5.74, 6) is 0.832. The van der Waals surface area contributed by atoms with Crippen LogP contribution in [0.3, 0.4) is 0 Å². The summed E-state index contributed by atoms with van der Waals surface area (Å²) in [6, 6.07) is 0. The molecule has 96 valence electrons. The van der Waals surface area contributed by atoms with Crippen molar-refractivity contribution in [3.8, 4) is 0 Å². The van der Waals surface area contributed by atoms with Gasteiger partial charge in [-0.15, -0.1) is 0 Å². The van der Waals surface area contributed by atoms with Gasteiger partial charge in [-0.3, -0.25) is 0 Å². The average Bonchev–Trinajstić information content (AvgIpc) is 2.46. The van der Waals surface area contributed by atoms with E-state index in [1.54, 1.807) is 0 Å². The highest BCUT2D eigenvalue weighted by atomic mass is 16.7. The van der Waals surface area contributed by atoms with Crippen LogP contribution in [0.1, 0.15) is 53.4 Å². The molecule has 0 saturated carbocycles. The van der Waals surface area contributed by atoms with Crippen LogP contribution < -0.4 is 0 Å². The van der Waals surface area contributed by atoms with Gasteiger partial charge in [0.2, 0.25) is 0 Å². The van der Waals surface area contributed by atoms with Gasteiger partial charge in [-0.05, 0) is 59.2 Å². The molecule has 0 amide bonds. The Morgan fingerprint density at radius 2 is 1.76 bits per heavy atom. The van der Waals surface area contributed by atoms with Crippen LogP contribution in [-0.4, -0.2) is 18.3 Å². The molecule has 1 fully saturated rings. The quantitative estimate of drug-likeness (QED) is 0.547. The molecule has 3 heteroatoms. The predicted octanol–water partition coefficient (Wildman–Crippen LogP) is 3.83. The Bertz CT molecular complexity index is 281. The van der Waals surface area contributed by atoms with Crippen molar-refractivity contribution in [1.29, 1.82) is 0 Å². The van der Waals surface area contributed by atoms with Crippen molar-refractivity contribution in [3.05, 3.63) is 12.2 Å². The highest BCUT2D eigenvalue weighted by Gasteiger charge is 2.50. The minimum atomic E-state index is -0.176. The molecule has 0 radical (unpaired) electrons. The second kappa shape index (κ2) is 4.77. The molecule has 1 aliphatic heterocycles. The lowest BCUT2D eigenvalue weighted by Crippen LogP contribution is -2.41. The maximum absolute atomic E-state index is 6.01. The minimum Gasteiger partial charge on any atom is -0.403 e. The number of allylic oxidation sites excluding steroid dienone is 2. The molecule has 2 rings (SSSR count). The van der Waals surface area contributed by atoms with Gasteiger partial charge in [0.1, 0.15) is 0 Å². The normalized spacial score (nSPS) is 30.8. The maximum Gasteiger partial charge on any atom is 0.457 e. The summed E-state index contributed by atoms with van der Waals surface area (Å²) in [5.41, 5.74) is -0.353. The van der Waals surface area contributed by atoms with Crippen molar-refractivity contribution >= 4 is 7.12 Å². The third-order valence-corrected chi connectivity index (χ3v) is 4.49. The van der Waals surface area contributed by atoms with Crippen LogP contribution in [0.5, 0.6) is 0 Å². The van der Waals surface area contributed by atoms with Crippen LogP contribution >= 0.6 is 0 Å². The summed E-state index contributed by atoms with van der Waals surface area (Å²) in [7, 11) is -0.00842. The SMILES string of the molecule is CC1(C)OB(CCC2CC=CCC2)OC1(C)C. The summed E-state index contributed by atoms with van der Waals surface area (Å²) in [6.45, 7) is 8.49. The van der Waals surface area contributed by atoms with E-state index in [1.807, 2.05) is 0 Å². The Morgan fingerprint density at radius 1 is 1.12 bits per heavy atom. The van der Waals surface area contributed by atoms with E-state index in [0.29, 0.717) is 0 Å². The van der Waals surface area contributed by atoms with Crippen molar-refractivity contribution < 1.29 is 9.31 Å². The maximum atomic E-state index is 6.01. The van der Waals surface area contributed by atoms with Gasteiger partial charge in [0, 0.05) is 0 Å². The van der Waals surface area contributed by atoms with Crippen LogP contribution in [0, 0.1) is 5.92 Å². The second-order valence-electron chi connectivity index (χ2n) is 6.41. The van der Waals surface area contributed by atoms with E-state index in [1.165, 1.54) is 25.7 Å². The molecule has 1 atom stereocenters. The fraction of sp³-hybridized carbons (Fsp3) is 0.857. The molecule has 1 unspecified atom stereocenters. The Hall–Kier alpha value is -0.275. The first-order valence-corrected chi connectivity index (χ1v) is 6.91. The molecular formula is C14H25BO2. The van der Waals surface area contributed by atoms with Crippen molar-refractivity contribution in [3.63, 3.8) is 0 Å². The average molecular weight is 236 g/mol. The molecule has 2 nitrogen and oxygen atoms in total. The Kier molecular flexibility index (Phi) is 3.70. The zero-order valence-corrected chi connectivity index (χ0v) is 11.7. The Balaban J connectivity index is 1.80. The van der Waals surface area contributed by atoms with Crippen molar-refractivity contribution in [1.82, 2.24) is 0 Å². The first-order valence-electron chi connectivity index (χ1n) is 6.91. The summed E-state index contributed by atoms with van der Waals surface area (Å²) in [5, 5.41) is 0. The van der Waals surface area contributed by atoms with Crippen molar-refractivity contribution in [2.75, 3.05) is 0 Å². The van der Waals surface area contributed by atoms with E-state index in [9.17, 15) is 0 Å². The van der Waals surface area contributed by atoms with E-state index < -0.39 is 0 Å². The lowest BCUT2D eigenvalue weighted by atomic mass is 9.77. The standard InChI is InChI=1S/C14H25BO2/c1-13(2)14(3,4)17-15(16-13)11-10-12-8-6-5-7-9-12/h5-6,12H,7-11H2,1-4H3. The fourth-order valence-corrected chi connectivity index (χ4v) is 2.57.